The van der Waals surface area contributed by atoms with E-state index in [0.717, 1.165) is 18.5 Å². The zero-order valence-electron chi connectivity index (χ0n) is 7.76. The highest BCUT2D eigenvalue weighted by Gasteiger charge is 2.37. The summed E-state index contributed by atoms with van der Waals surface area (Å²) in [5.41, 5.74) is 0.925. The van der Waals surface area contributed by atoms with Crippen LogP contribution in [0.2, 0.25) is 0 Å². The smallest absolute Gasteiger partial charge is 0.237 e. The second kappa shape index (κ2) is 2.85. The zero-order chi connectivity index (χ0) is 9.54. The van der Waals surface area contributed by atoms with E-state index in [0.29, 0.717) is 18.5 Å². The highest BCUT2D eigenvalue weighted by atomic mass is 16.5. The Morgan fingerprint density at radius 1 is 1.50 bits per heavy atom. The molecule has 4 nitrogen and oxygen atoms in total. The Balaban J connectivity index is 2.07. The maximum Gasteiger partial charge on any atom is 0.237 e. The van der Waals surface area contributed by atoms with E-state index in [9.17, 15) is 5.11 Å². The molecular weight excluding hydrogens is 180 g/mol. The number of fused-ring (bicyclic) bond motifs is 3. The van der Waals surface area contributed by atoms with Crippen LogP contribution in [0.4, 0.5) is 5.69 Å². The lowest BCUT2D eigenvalue weighted by atomic mass is 10.2. The normalized spacial score (nSPS) is 29.4. The number of rotatable bonds is 0. The van der Waals surface area contributed by atoms with Gasteiger partial charge < -0.3 is 14.7 Å². The van der Waals surface area contributed by atoms with Gasteiger partial charge in [0.15, 0.2) is 0 Å². The standard InChI is InChI=1S/C10H12N2O2/c13-9-4-3-7-6-14-10-8(12(7)9)2-1-5-11-10/h1-2,5,7,9,13H,3-4,6H2. The number of ether oxygens (including phenoxy) is 1. The molecule has 0 aliphatic carbocycles. The molecule has 1 fully saturated rings. The zero-order valence-corrected chi connectivity index (χ0v) is 7.76. The molecule has 0 saturated carbocycles. The van der Waals surface area contributed by atoms with Crippen LogP contribution in [0.5, 0.6) is 5.88 Å². The first-order valence-electron chi connectivity index (χ1n) is 4.90. The van der Waals surface area contributed by atoms with Gasteiger partial charge in [-0.25, -0.2) is 4.98 Å². The van der Waals surface area contributed by atoms with Gasteiger partial charge in [0.05, 0.1) is 6.04 Å². The van der Waals surface area contributed by atoms with Crippen molar-refractivity contribution in [3.05, 3.63) is 18.3 Å². The Kier molecular flexibility index (Phi) is 1.64. The molecule has 14 heavy (non-hydrogen) atoms. The number of aliphatic hydroxyl groups excluding tert-OH is 1. The summed E-state index contributed by atoms with van der Waals surface area (Å²) < 4.78 is 5.52. The van der Waals surface area contributed by atoms with Crippen LogP contribution < -0.4 is 9.64 Å². The first-order chi connectivity index (χ1) is 6.86. The van der Waals surface area contributed by atoms with Crippen molar-refractivity contribution in [2.24, 2.45) is 0 Å². The monoisotopic (exact) mass is 192 g/mol. The van der Waals surface area contributed by atoms with E-state index in [1.54, 1.807) is 6.20 Å². The van der Waals surface area contributed by atoms with E-state index in [1.807, 2.05) is 17.0 Å². The van der Waals surface area contributed by atoms with Crippen LogP contribution in [0.3, 0.4) is 0 Å². The fourth-order valence-corrected chi connectivity index (χ4v) is 2.25. The Labute approximate surface area is 82.1 Å². The summed E-state index contributed by atoms with van der Waals surface area (Å²) in [5, 5.41) is 9.81. The number of hydrogen-bond acceptors (Lipinski definition) is 4. The van der Waals surface area contributed by atoms with Crippen molar-refractivity contribution < 1.29 is 9.84 Å². The molecule has 3 heterocycles. The third-order valence-corrected chi connectivity index (χ3v) is 2.91. The lowest BCUT2D eigenvalue weighted by Crippen LogP contribution is -2.42. The van der Waals surface area contributed by atoms with Crippen LogP contribution in [0.25, 0.3) is 0 Å². The molecule has 0 amide bonds. The molecule has 74 valence electrons. The molecule has 0 spiro atoms. The molecule has 0 bridgehead atoms. The summed E-state index contributed by atoms with van der Waals surface area (Å²) in [7, 11) is 0. The molecule has 1 N–H and O–H groups in total. The molecule has 3 rings (SSSR count). The van der Waals surface area contributed by atoms with Crippen LogP contribution in [0.1, 0.15) is 12.8 Å². The maximum atomic E-state index is 9.81. The number of pyridine rings is 1. The minimum absolute atomic E-state index is 0.321. The van der Waals surface area contributed by atoms with E-state index >= 15 is 0 Å². The van der Waals surface area contributed by atoms with Crippen molar-refractivity contribution in [1.82, 2.24) is 4.98 Å². The minimum atomic E-state index is -0.369. The fourth-order valence-electron chi connectivity index (χ4n) is 2.25. The lowest BCUT2D eigenvalue weighted by molar-refractivity contribution is 0.169. The molecule has 2 unspecified atom stereocenters. The largest absolute Gasteiger partial charge is 0.474 e. The van der Waals surface area contributed by atoms with Crippen LogP contribution >= 0.6 is 0 Å². The fraction of sp³-hybridized carbons (Fsp3) is 0.500. The summed E-state index contributed by atoms with van der Waals surface area (Å²) in [4.78, 5) is 6.16. The van der Waals surface area contributed by atoms with E-state index < -0.39 is 0 Å². The highest BCUT2D eigenvalue weighted by Crippen LogP contribution is 2.38. The van der Waals surface area contributed by atoms with Gasteiger partial charge in [-0.1, -0.05) is 0 Å². The Bertz CT molecular complexity index is 356. The van der Waals surface area contributed by atoms with Crippen LogP contribution in [0, 0.1) is 0 Å². The summed E-state index contributed by atoms with van der Waals surface area (Å²) in [6.07, 6.45) is 3.16. The van der Waals surface area contributed by atoms with Gasteiger partial charge in [0.25, 0.3) is 0 Å². The summed E-state index contributed by atoms with van der Waals surface area (Å²) in [6, 6.07) is 4.14. The second-order valence-corrected chi connectivity index (χ2v) is 3.76. The SMILES string of the molecule is OC1CCC2COc3ncccc3N12. The van der Waals surface area contributed by atoms with Crippen molar-refractivity contribution in [1.29, 1.82) is 0 Å². The Morgan fingerprint density at radius 2 is 2.43 bits per heavy atom. The van der Waals surface area contributed by atoms with Gasteiger partial charge in [-0.3, -0.25) is 0 Å². The molecule has 2 atom stereocenters. The molecule has 1 aromatic heterocycles. The summed E-state index contributed by atoms with van der Waals surface area (Å²) in [5.74, 6) is 0.643. The topological polar surface area (TPSA) is 45.6 Å². The molecule has 1 aromatic rings. The van der Waals surface area contributed by atoms with Gasteiger partial charge in [-0.15, -0.1) is 0 Å². The van der Waals surface area contributed by atoms with E-state index in [1.165, 1.54) is 0 Å². The van der Waals surface area contributed by atoms with E-state index in [2.05, 4.69) is 4.98 Å². The van der Waals surface area contributed by atoms with E-state index in [-0.39, 0.29) is 6.23 Å². The second-order valence-electron chi connectivity index (χ2n) is 3.76. The van der Waals surface area contributed by atoms with Gasteiger partial charge in [-0.2, -0.15) is 0 Å². The molecule has 2 aliphatic heterocycles. The van der Waals surface area contributed by atoms with Crippen molar-refractivity contribution in [2.45, 2.75) is 25.1 Å². The maximum absolute atomic E-state index is 9.81. The third-order valence-electron chi connectivity index (χ3n) is 2.91. The predicted molar refractivity (Wildman–Crippen MR) is 51.2 cm³/mol. The van der Waals surface area contributed by atoms with Crippen LogP contribution in [0.15, 0.2) is 18.3 Å². The van der Waals surface area contributed by atoms with Gasteiger partial charge in [0.1, 0.15) is 18.5 Å². The van der Waals surface area contributed by atoms with Gasteiger partial charge in [-0.05, 0) is 25.0 Å². The average Bonchev–Trinajstić information content (AvgIpc) is 2.61. The van der Waals surface area contributed by atoms with Crippen molar-refractivity contribution >= 4 is 5.69 Å². The highest BCUT2D eigenvalue weighted by molar-refractivity contribution is 5.58. The number of nitrogens with zero attached hydrogens (tertiary/aromatic N) is 2. The Morgan fingerprint density at radius 3 is 3.36 bits per heavy atom. The molecule has 4 heteroatoms. The molecule has 2 aliphatic rings. The average molecular weight is 192 g/mol. The first-order valence-corrected chi connectivity index (χ1v) is 4.90. The van der Waals surface area contributed by atoms with Crippen molar-refractivity contribution in [2.75, 3.05) is 11.5 Å². The van der Waals surface area contributed by atoms with Gasteiger partial charge >= 0.3 is 0 Å². The first kappa shape index (κ1) is 8.05. The number of anilines is 1. The third kappa shape index (κ3) is 1.00. The quantitative estimate of drug-likeness (QED) is 0.659. The molecule has 0 aromatic carbocycles. The number of aliphatic hydroxyl groups is 1. The summed E-state index contributed by atoms with van der Waals surface area (Å²) in [6.45, 7) is 0.640. The van der Waals surface area contributed by atoms with Crippen molar-refractivity contribution in [3.63, 3.8) is 0 Å². The lowest BCUT2D eigenvalue weighted by Gasteiger charge is -2.34. The predicted octanol–water partition coefficient (Wildman–Crippen LogP) is 0.761. The van der Waals surface area contributed by atoms with Crippen LogP contribution in [-0.4, -0.2) is 29.0 Å². The van der Waals surface area contributed by atoms with Crippen LogP contribution in [-0.2, 0) is 0 Å². The van der Waals surface area contributed by atoms with Gasteiger partial charge in [0, 0.05) is 6.20 Å². The minimum Gasteiger partial charge on any atom is -0.474 e. The molecular formula is C10H12N2O2. The molecule has 0 radical (unpaired) electrons. The molecule has 1 saturated heterocycles. The number of aromatic nitrogens is 1. The Hall–Kier alpha value is -1.29. The van der Waals surface area contributed by atoms with E-state index in [4.69, 9.17) is 4.74 Å². The number of hydrogen-bond donors (Lipinski definition) is 1. The van der Waals surface area contributed by atoms with Gasteiger partial charge in [0.2, 0.25) is 5.88 Å². The summed E-state index contributed by atoms with van der Waals surface area (Å²) >= 11 is 0. The van der Waals surface area contributed by atoms with Crippen molar-refractivity contribution in [3.8, 4) is 5.88 Å².